The zero-order valence-corrected chi connectivity index (χ0v) is 15.2. The Hall–Kier alpha value is -2.15. The molecule has 1 aromatic heterocycles. The van der Waals surface area contributed by atoms with Crippen molar-refractivity contribution >= 4 is 18.1 Å². The van der Waals surface area contributed by atoms with Gasteiger partial charge in [0.05, 0.1) is 7.11 Å². The van der Waals surface area contributed by atoms with Crippen molar-refractivity contribution in [2.45, 2.75) is 39.2 Å². The number of carbonyl (C=O) groups excluding carboxylic acids is 1. The second-order valence-corrected chi connectivity index (χ2v) is 6.25. The van der Waals surface area contributed by atoms with Crippen molar-refractivity contribution in [3.63, 3.8) is 0 Å². The number of hydrogen-bond acceptors (Lipinski definition) is 4. The van der Waals surface area contributed by atoms with Crippen LogP contribution in [-0.4, -0.2) is 34.3 Å². The van der Waals surface area contributed by atoms with E-state index < -0.39 is 0 Å². The summed E-state index contributed by atoms with van der Waals surface area (Å²) in [6, 6.07) is 8.02. The molecule has 0 fully saturated rings. The molecule has 0 aliphatic carbocycles. The van der Waals surface area contributed by atoms with Gasteiger partial charge in [0.15, 0.2) is 4.77 Å². The smallest absolute Gasteiger partial charge is 0.220 e. The average molecular weight is 348 g/mol. The first-order valence-corrected chi connectivity index (χ1v) is 8.47. The first kappa shape index (κ1) is 18.2. The fraction of sp³-hybridized carbons (Fsp3) is 0.471. The van der Waals surface area contributed by atoms with Crippen LogP contribution in [0.15, 0.2) is 24.3 Å². The summed E-state index contributed by atoms with van der Waals surface area (Å²) in [4.78, 5) is 12.0. The molecule has 2 aromatic rings. The van der Waals surface area contributed by atoms with Crippen molar-refractivity contribution < 1.29 is 9.53 Å². The van der Waals surface area contributed by atoms with Crippen LogP contribution in [0, 0.1) is 4.77 Å². The molecule has 7 heteroatoms. The van der Waals surface area contributed by atoms with Gasteiger partial charge in [-0.05, 0) is 50.2 Å². The molecule has 0 unspecified atom stereocenters. The van der Waals surface area contributed by atoms with Crippen LogP contribution in [0.1, 0.15) is 37.7 Å². The van der Waals surface area contributed by atoms with Crippen molar-refractivity contribution in [2.24, 2.45) is 0 Å². The Kier molecular flexibility index (Phi) is 6.54. The molecule has 0 spiro atoms. The molecule has 24 heavy (non-hydrogen) atoms. The van der Waals surface area contributed by atoms with Crippen molar-refractivity contribution in [1.82, 2.24) is 20.1 Å². The van der Waals surface area contributed by atoms with Crippen LogP contribution in [0.3, 0.4) is 0 Å². The number of amides is 1. The molecule has 0 saturated carbocycles. The number of carbonyl (C=O) groups is 1. The fourth-order valence-electron chi connectivity index (χ4n) is 2.53. The van der Waals surface area contributed by atoms with E-state index in [9.17, 15) is 4.79 Å². The van der Waals surface area contributed by atoms with Crippen LogP contribution in [0.25, 0.3) is 0 Å². The molecular weight excluding hydrogens is 324 g/mol. The second kappa shape index (κ2) is 8.63. The Morgan fingerprint density at radius 3 is 2.92 bits per heavy atom. The maximum atomic E-state index is 12.0. The van der Waals surface area contributed by atoms with Gasteiger partial charge in [0.25, 0.3) is 0 Å². The highest BCUT2D eigenvalue weighted by Crippen LogP contribution is 2.14. The van der Waals surface area contributed by atoms with Crippen LogP contribution in [-0.2, 0) is 17.6 Å². The maximum Gasteiger partial charge on any atom is 0.220 e. The number of hydrogen-bond donors (Lipinski definition) is 2. The minimum Gasteiger partial charge on any atom is -0.497 e. The fourth-order valence-corrected chi connectivity index (χ4v) is 2.90. The molecule has 130 valence electrons. The summed E-state index contributed by atoms with van der Waals surface area (Å²) >= 11 is 5.21. The van der Waals surface area contributed by atoms with Crippen LogP contribution < -0.4 is 10.1 Å². The molecule has 1 aromatic carbocycles. The molecule has 0 saturated heterocycles. The van der Waals surface area contributed by atoms with Gasteiger partial charge in [0.1, 0.15) is 11.6 Å². The summed E-state index contributed by atoms with van der Waals surface area (Å²) < 4.78 is 7.77. The van der Waals surface area contributed by atoms with E-state index in [0.29, 0.717) is 30.6 Å². The van der Waals surface area contributed by atoms with Crippen LogP contribution in [0.5, 0.6) is 5.75 Å². The number of rotatable bonds is 8. The predicted octanol–water partition coefficient (Wildman–Crippen LogP) is 2.82. The third-order valence-corrected chi connectivity index (χ3v) is 4.03. The van der Waals surface area contributed by atoms with E-state index in [-0.39, 0.29) is 11.9 Å². The van der Waals surface area contributed by atoms with Gasteiger partial charge in [-0.2, -0.15) is 5.10 Å². The molecular formula is C17H24N4O2S. The SMILES string of the molecule is COc1cccc(CCC(=O)NCCc2n[nH]c(=S)n2C(C)C)c1. The monoisotopic (exact) mass is 348 g/mol. The highest BCUT2D eigenvalue weighted by atomic mass is 32.1. The lowest BCUT2D eigenvalue weighted by Crippen LogP contribution is -2.26. The van der Waals surface area contributed by atoms with Crippen molar-refractivity contribution in [2.75, 3.05) is 13.7 Å². The molecule has 0 atom stereocenters. The Labute approximate surface area is 147 Å². The first-order chi connectivity index (χ1) is 11.5. The molecule has 1 heterocycles. The minimum atomic E-state index is 0.0306. The van der Waals surface area contributed by atoms with Gasteiger partial charge in [-0.25, -0.2) is 0 Å². The Balaban J connectivity index is 1.78. The Morgan fingerprint density at radius 1 is 1.42 bits per heavy atom. The summed E-state index contributed by atoms with van der Waals surface area (Å²) in [7, 11) is 1.64. The third kappa shape index (κ3) is 4.92. The number of methoxy groups -OCH3 is 1. The highest BCUT2D eigenvalue weighted by molar-refractivity contribution is 7.71. The van der Waals surface area contributed by atoms with Crippen LogP contribution in [0.2, 0.25) is 0 Å². The van der Waals surface area contributed by atoms with Crippen LogP contribution >= 0.6 is 12.2 Å². The first-order valence-electron chi connectivity index (χ1n) is 8.06. The molecule has 0 aliphatic rings. The molecule has 1 amide bonds. The van der Waals surface area contributed by atoms with E-state index in [4.69, 9.17) is 17.0 Å². The number of ether oxygens (including phenoxy) is 1. The number of aromatic nitrogens is 3. The van der Waals surface area contributed by atoms with E-state index in [1.54, 1.807) is 7.11 Å². The number of H-pyrrole nitrogens is 1. The summed E-state index contributed by atoms with van der Waals surface area (Å²) in [5.41, 5.74) is 1.09. The van der Waals surface area contributed by atoms with E-state index in [2.05, 4.69) is 29.4 Å². The molecule has 0 bridgehead atoms. The standard InChI is InChI=1S/C17H24N4O2S/c1-12(2)21-15(19-20-17(21)24)9-10-18-16(22)8-7-13-5-4-6-14(11-13)23-3/h4-6,11-12H,7-10H2,1-3H3,(H,18,22)(H,20,24). The van der Waals surface area contributed by atoms with Gasteiger partial charge in [-0.15, -0.1) is 0 Å². The van der Waals surface area contributed by atoms with E-state index >= 15 is 0 Å². The van der Waals surface area contributed by atoms with E-state index in [1.807, 2.05) is 28.8 Å². The quantitative estimate of drug-likeness (QED) is 0.720. The zero-order valence-electron chi connectivity index (χ0n) is 14.3. The lowest BCUT2D eigenvalue weighted by Gasteiger charge is -2.10. The number of benzene rings is 1. The lowest BCUT2D eigenvalue weighted by molar-refractivity contribution is -0.121. The summed E-state index contributed by atoms with van der Waals surface area (Å²) in [6.45, 7) is 4.66. The minimum absolute atomic E-state index is 0.0306. The number of nitrogens with one attached hydrogen (secondary N) is 2. The van der Waals surface area contributed by atoms with Crippen LogP contribution in [0.4, 0.5) is 0 Å². The number of aryl methyl sites for hydroxylation is 1. The normalized spacial score (nSPS) is 10.8. The Morgan fingerprint density at radius 2 is 2.21 bits per heavy atom. The van der Waals surface area contributed by atoms with Crippen molar-refractivity contribution in [1.29, 1.82) is 0 Å². The average Bonchev–Trinajstić information content (AvgIpc) is 2.94. The van der Waals surface area contributed by atoms with Crippen molar-refractivity contribution in [3.05, 3.63) is 40.4 Å². The van der Waals surface area contributed by atoms with E-state index in [0.717, 1.165) is 17.1 Å². The van der Waals surface area contributed by atoms with Gasteiger partial charge < -0.3 is 14.6 Å². The molecule has 6 nitrogen and oxygen atoms in total. The maximum absolute atomic E-state index is 12.0. The zero-order chi connectivity index (χ0) is 17.5. The summed E-state index contributed by atoms with van der Waals surface area (Å²) in [5, 5.41) is 9.97. The topological polar surface area (TPSA) is 71.9 Å². The highest BCUT2D eigenvalue weighted by Gasteiger charge is 2.09. The van der Waals surface area contributed by atoms with Gasteiger partial charge in [-0.1, -0.05) is 12.1 Å². The molecule has 2 rings (SSSR count). The van der Waals surface area contributed by atoms with E-state index in [1.165, 1.54) is 0 Å². The lowest BCUT2D eigenvalue weighted by atomic mass is 10.1. The number of aromatic amines is 1. The molecule has 0 radical (unpaired) electrons. The molecule has 0 aliphatic heterocycles. The van der Waals surface area contributed by atoms with Crippen molar-refractivity contribution in [3.8, 4) is 5.75 Å². The Bertz CT molecular complexity index is 736. The van der Waals surface area contributed by atoms with Gasteiger partial charge in [0, 0.05) is 25.4 Å². The van der Waals surface area contributed by atoms with Gasteiger partial charge in [-0.3, -0.25) is 9.89 Å². The molecule has 2 N–H and O–H groups in total. The summed E-state index contributed by atoms with van der Waals surface area (Å²) in [5.74, 6) is 1.70. The second-order valence-electron chi connectivity index (χ2n) is 5.86. The van der Waals surface area contributed by atoms with Gasteiger partial charge in [0.2, 0.25) is 5.91 Å². The number of nitrogens with zero attached hydrogens (tertiary/aromatic N) is 2. The largest absolute Gasteiger partial charge is 0.497 e. The van der Waals surface area contributed by atoms with Gasteiger partial charge >= 0.3 is 0 Å². The third-order valence-electron chi connectivity index (χ3n) is 3.74. The predicted molar refractivity (Wildman–Crippen MR) is 95.8 cm³/mol. The summed E-state index contributed by atoms with van der Waals surface area (Å²) in [6.07, 6.45) is 1.79.